The Labute approximate surface area is 165 Å². The number of hydrogen-bond donors (Lipinski definition) is 1. The summed E-state index contributed by atoms with van der Waals surface area (Å²) in [6.07, 6.45) is 0. The summed E-state index contributed by atoms with van der Waals surface area (Å²) in [5.74, 6) is -0.185. The highest BCUT2D eigenvalue weighted by atomic mass is 35.5. The first-order valence-electron chi connectivity index (χ1n) is 8.50. The monoisotopic (exact) mass is 401 g/mol. The third kappa shape index (κ3) is 5.40. The summed E-state index contributed by atoms with van der Waals surface area (Å²) in [4.78, 5) is 23.9. The van der Waals surface area contributed by atoms with Crippen LogP contribution >= 0.6 is 11.6 Å². The van der Waals surface area contributed by atoms with E-state index in [1.165, 1.54) is 22.9 Å². The maximum Gasteiger partial charge on any atom is 0.266 e. The molecule has 3 aromatic rings. The van der Waals surface area contributed by atoms with E-state index in [1.807, 2.05) is 0 Å². The van der Waals surface area contributed by atoms with Gasteiger partial charge in [0.1, 0.15) is 11.6 Å². The van der Waals surface area contributed by atoms with E-state index in [0.717, 1.165) is 0 Å². The highest BCUT2D eigenvalue weighted by Gasteiger charge is 2.06. The van der Waals surface area contributed by atoms with Gasteiger partial charge in [0.05, 0.1) is 12.2 Å². The van der Waals surface area contributed by atoms with E-state index in [9.17, 15) is 14.0 Å². The summed E-state index contributed by atoms with van der Waals surface area (Å²) in [5, 5.41) is 7.44. The Hall–Kier alpha value is -3.19. The Kier molecular flexibility index (Phi) is 6.39. The van der Waals surface area contributed by atoms with Gasteiger partial charge in [-0.3, -0.25) is 9.59 Å². The molecule has 0 saturated heterocycles. The Bertz CT molecular complexity index is 1020. The van der Waals surface area contributed by atoms with Crippen molar-refractivity contribution < 1.29 is 13.9 Å². The standard InChI is InChI=1S/C20H17ClFN3O3/c21-15-2-1-3-17(12-15)28-13-19(26)23-10-11-25-20(27)9-8-18(24-25)14-4-6-16(22)7-5-14/h1-9,12H,10-11,13H2,(H,23,26). The van der Waals surface area contributed by atoms with Crippen LogP contribution in [0.1, 0.15) is 0 Å². The topological polar surface area (TPSA) is 73.2 Å². The van der Waals surface area contributed by atoms with E-state index < -0.39 is 0 Å². The van der Waals surface area contributed by atoms with Crippen LogP contribution < -0.4 is 15.6 Å². The average Bonchev–Trinajstić information content (AvgIpc) is 2.68. The highest BCUT2D eigenvalue weighted by molar-refractivity contribution is 6.30. The first kappa shape index (κ1) is 19.6. The molecule has 0 aliphatic rings. The first-order valence-corrected chi connectivity index (χ1v) is 8.88. The number of rotatable bonds is 7. The van der Waals surface area contributed by atoms with Crippen LogP contribution in [0.3, 0.4) is 0 Å². The Morgan fingerprint density at radius 3 is 2.68 bits per heavy atom. The molecule has 0 aliphatic heterocycles. The maximum atomic E-state index is 13.0. The molecule has 144 valence electrons. The third-order valence-electron chi connectivity index (χ3n) is 3.82. The quantitative estimate of drug-likeness (QED) is 0.660. The van der Waals surface area contributed by atoms with Crippen molar-refractivity contribution in [1.82, 2.24) is 15.1 Å². The molecule has 0 fully saturated rings. The summed E-state index contributed by atoms with van der Waals surface area (Å²) in [5.41, 5.74) is 0.930. The van der Waals surface area contributed by atoms with Gasteiger partial charge in [-0.25, -0.2) is 9.07 Å². The molecule has 1 heterocycles. The van der Waals surface area contributed by atoms with Crippen LogP contribution in [0.5, 0.6) is 5.75 Å². The highest BCUT2D eigenvalue weighted by Crippen LogP contribution is 2.17. The predicted octanol–water partition coefficient (Wildman–Crippen LogP) is 2.90. The first-order chi connectivity index (χ1) is 13.5. The van der Waals surface area contributed by atoms with Gasteiger partial charge in [0.15, 0.2) is 6.61 Å². The molecule has 1 N–H and O–H groups in total. The third-order valence-corrected chi connectivity index (χ3v) is 4.05. The molecule has 0 spiro atoms. The minimum absolute atomic E-state index is 0.168. The Balaban J connectivity index is 1.54. The molecule has 0 atom stereocenters. The Morgan fingerprint density at radius 2 is 1.93 bits per heavy atom. The number of aromatic nitrogens is 2. The van der Waals surface area contributed by atoms with Gasteiger partial charge in [0.2, 0.25) is 0 Å². The fourth-order valence-corrected chi connectivity index (χ4v) is 2.62. The largest absolute Gasteiger partial charge is 0.484 e. The SMILES string of the molecule is O=C(COc1cccc(Cl)c1)NCCn1nc(-c2ccc(F)cc2)ccc1=O. The van der Waals surface area contributed by atoms with Crippen LogP contribution in [0.15, 0.2) is 65.5 Å². The molecule has 3 rings (SSSR count). The number of ether oxygens (including phenoxy) is 1. The molecule has 8 heteroatoms. The van der Waals surface area contributed by atoms with Crippen LogP contribution in [0.4, 0.5) is 4.39 Å². The van der Waals surface area contributed by atoms with Gasteiger partial charge in [-0.15, -0.1) is 0 Å². The smallest absolute Gasteiger partial charge is 0.266 e. The lowest BCUT2D eigenvalue weighted by atomic mass is 10.1. The van der Waals surface area contributed by atoms with Crippen molar-refractivity contribution in [2.24, 2.45) is 0 Å². The van der Waals surface area contributed by atoms with E-state index in [4.69, 9.17) is 16.3 Å². The van der Waals surface area contributed by atoms with Crippen molar-refractivity contribution in [3.05, 3.63) is 81.9 Å². The van der Waals surface area contributed by atoms with E-state index in [0.29, 0.717) is 22.0 Å². The molecular formula is C20H17ClFN3O3. The number of hydrogen-bond acceptors (Lipinski definition) is 4. The van der Waals surface area contributed by atoms with Gasteiger partial charge in [-0.2, -0.15) is 5.10 Å². The van der Waals surface area contributed by atoms with E-state index in [1.54, 1.807) is 42.5 Å². The molecular weight excluding hydrogens is 385 g/mol. The van der Waals surface area contributed by atoms with Gasteiger partial charge in [0, 0.05) is 23.2 Å². The van der Waals surface area contributed by atoms with Crippen molar-refractivity contribution in [3.63, 3.8) is 0 Å². The minimum Gasteiger partial charge on any atom is -0.484 e. The van der Waals surface area contributed by atoms with Crippen molar-refractivity contribution >= 4 is 17.5 Å². The summed E-state index contributed by atoms with van der Waals surface area (Å²) in [6.45, 7) is 0.229. The predicted molar refractivity (Wildman–Crippen MR) is 104 cm³/mol. The lowest BCUT2D eigenvalue weighted by Crippen LogP contribution is -2.34. The molecule has 0 saturated carbocycles. The Morgan fingerprint density at radius 1 is 1.14 bits per heavy atom. The lowest BCUT2D eigenvalue weighted by Gasteiger charge is -2.09. The van der Waals surface area contributed by atoms with Crippen molar-refractivity contribution in [2.75, 3.05) is 13.2 Å². The zero-order chi connectivity index (χ0) is 19.9. The molecule has 0 aliphatic carbocycles. The number of halogens is 2. The van der Waals surface area contributed by atoms with E-state index in [2.05, 4.69) is 10.4 Å². The molecule has 1 amide bonds. The fourth-order valence-electron chi connectivity index (χ4n) is 2.44. The molecule has 0 unspecified atom stereocenters. The lowest BCUT2D eigenvalue weighted by molar-refractivity contribution is -0.123. The van der Waals surface area contributed by atoms with Gasteiger partial charge in [0.25, 0.3) is 11.5 Å². The number of benzene rings is 2. The number of nitrogens with zero attached hydrogens (tertiary/aromatic N) is 2. The van der Waals surface area contributed by atoms with Gasteiger partial charge in [-0.05, 0) is 48.5 Å². The van der Waals surface area contributed by atoms with Crippen molar-refractivity contribution in [2.45, 2.75) is 6.54 Å². The molecule has 0 bridgehead atoms. The normalized spacial score (nSPS) is 10.5. The van der Waals surface area contributed by atoms with Crippen molar-refractivity contribution in [3.8, 4) is 17.0 Å². The number of amides is 1. The molecule has 2 aromatic carbocycles. The molecule has 28 heavy (non-hydrogen) atoms. The molecule has 1 aromatic heterocycles. The maximum absolute atomic E-state index is 13.0. The van der Waals surface area contributed by atoms with Crippen LogP contribution in [0.25, 0.3) is 11.3 Å². The van der Waals surface area contributed by atoms with E-state index in [-0.39, 0.29) is 37.0 Å². The van der Waals surface area contributed by atoms with Crippen LogP contribution in [0, 0.1) is 5.82 Å². The van der Waals surface area contributed by atoms with Gasteiger partial charge < -0.3 is 10.1 Å². The minimum atomic E-state index is -0.347. The number of carbonyl (C=O) groups is 1. The average molecular weight is 402 g/mol. The summed E-state index contributed by atoms with van der Waals surface area (Å²) in [6, 6.07) is 15.5. The van der Waals surface area contributed by atoms with Gasteiger partial charge in [-0.1, -0.05) is 17.7 Å². The molecule has 6 nitrogen and oxygen atoms in total. The second-order valence-electron chi connectivity index (χ2n) is 5.88. The zero-order valence-electron chi connectivity index (χ0n) is 14.8. The van der Waals surface area contributed by atoms with Crippen LogP contribution in [-0.4, -0.2) is 28.8 Å². The van der Waals surface area contributed by atoms with E-state index >= 15 is 0 Å². The second-order valence-corrected chi connectivity index (χ2v) is 6.32. The summed E-state index contributed by atoms with van der Waals surface area (Å²) < 4.78 is 19.6. The summed E-state index contributed by atoms with van der Waals surface area (Å²) >= 11 is 5.85. The molecule has 0 radical (unpaired) electrons. The van der Waals surface area contributed by atoms with Crippen LogP contribution in [-0.2, 0) is 11.3 Å². The van der Waals surface area contributed by atoms with Crippen molar-refractivity contribution in [1.29, 1.82) is 0 Å². The van der Waals surface area contributed by atoms with Gasteiger partial charge >= 0.3 is 0 Å². The summed E-state index contributed by atoms with van der Waals surface area (Å²) in [7, 11) is 0. The number of nitrogens with one attached hydrogen (secondary N) is 1. The zero-order valence-corrected chi connectivity index (χ0v) is 15.5. The number of carbonyl (C=O) groups excluding carboxylic acids is 1. The second kappa shape index (κ2) is 9.14. The fraction of sp³-hybridized carbons (Fsp3) is 0.150. The van der Waals surface area contributed by atoms with Crippen LogP contribution in [0.2, 0.25) is 5.02 Å².